The maximum absolute atomic E-state index is 12.1. The second kappa shape index (κ2) is 6.55. The highest BCUT2D eigenvalue weighted by Crippen LogP contribution is 2.47. The largest absolute Gasteiger partial charge is 0.338 e. The van der Waals surface area contributed by atoms with Crippen molar-refractivity contribution in [1.82, 2.24) is 10.2 Å². The number of hydrogen-bond donors (Lipinski definition) is 1. The monoisotopic (exact) mass is 316 g/mol. The lowest BCUT2D eigenvalue weighted by Gasteiger charge is -2.27. The molecule has 0 aromatic rings. The molecule has 4 atom stereocenters. The van der Waals surface area contributed by atoms with Gasteiger partial charge in [0.15, 0.2) is 9.84 Å². The molecular formula is C15H28N2O3S. The van der Waals surface area contributed by atoms with Gasteiger partial charge in [0.05, 0.1) is 5.75 Å². The standard InChI is InChI=1S/C15H28N2O3S/c1-4-21(19,20)10-11(2)17(3)15(18)16-9-14-8-12-5-6-13(14)7-12/h11-14H,4-10H2,1-3H3,(H,16,18)/t11-,12+,13+,14+/m1/s1. The molecule has 2 fully saturated rings. The van der Waals surface area contributed by atoms with Crippen molar-refractivity contribution in [3.63, 3.8) is 0 Å². The smallest absolute Gasteiger partial charge is 0.317 e. The van der Waals surface area contributed by atoms with Crippen LogP contribution in [0, 0.1) is 17.8 Å². The van der Waals surface area contributed by atoms with Gasteiger partial charge >= 0.3 is 6.03 Å². The van der Waals surface area contributed by atoms with Crippen LogP contribution in [-0.4, -0.2) is 50.5 Å². The maximum atomic E-state index is 12.1. The molecule has 6 heteroatoms. The van der Waals surface area contributed by atoms with E-state index in [0.717, 1.165) is 18.4 Å². The van der Waals surface area contributed by atoms with E-state index in [1.807, 2.05) is 0 Å². The molecule has 0 radical (unpaired) electrons. The molecule has 2 bridgehead atoms. The second-order valence-corrected chi connectivity index (χ2v) is 9.18. The van der Waals surface area contributed by atoms with Crippen molar-refractivity contribution in [3.8, 4) is 0 Å². The lowest BCUT2D eigenvalue weighted by Crippen LogP contribution is -2.46. The van der Waals surface area contributed by atoms with Crippen LogP contribution in [0.4, 0.5) is 4.79 Å². The Morgan fingerprint density at radius 2 is 2.05 bits per heavy atom. The van der Waals surface area contributed by atoms with Crippen molar-refractivity contribution in [2.24, 2.45) is 17.8 Å². The van der Waals surface area contributed by atoms with Gasteiger partial charge in [0.1, 0.15) is 0 Å². The van der Waals surface area contributed by atoms with Crippen molar-refractivity contribution in [1.29, 1.82) is 0 Å². The van der Waals surface area contributed by atoms with Crippen molar-refractivity contribution in [3.05, 3.63) is 0 Å². The summed E-state index contributed by atoms with van der Waals surface area (Å²) >= 11 is 0. The molecule has 0 saturated heterocycles. The fraction of sp³-hybridized carbons (Fsp3) is 0.933. The van der Waals surface area contributed by atoms with Crippen LogP contribution in [0.25, 0.3) is 0 Å². The van der Waals surface area contributed by atoms with Gasteiger partial charge in [-0.05, 0) is 43.9 Å². The summed E-state index contributed by atoms with van der Waals surface area (Å²) in [5.41, 5.74) is 0. The molecule has 2 amide bonds. The van der Waals surface area contributed by atoms with Gasteiger partial charge in [0, 0.05) is 25.4 Å². The zero-order valence-electron chi connectivity index (χ0n) is 13.3. The number of carbonyl (C=O) groups excluding carboxylic acids is 1. The Balaban J connectivity index is 1.77. The van der Waals surface area contributed by atoms with Crippen LogP contribution in [0.2, 0.25) is 0 Å². The average molecular weight is 316 g/mol. The van der Waals surface area contributed by atoms with Gasteiger partial charge in [0.25, 0.3) is 0 Å². The fourth-order valence-electron chi connectivity index (χ4n) is 3.77. The second-order valence-electron chi connectivity index (χ2n) is 6.78. The molecular weight excluding hydrogens is 288 g/mol. The predicted octanol–water partition coefficient (Wildman–Crippen LogP) is 1.89. The summed E-state index contributed by atoms with van der Waals surface area (Å²) in [6, 6.07) is -0.452. The lowest BCUT2D eigenvalue weighted by atomic mass is 9.89. The zero-order valence-corrected chi connectivity index (χ0v) is 14.2. The molecule has 0 spiro atoms. The molecule has 2 rings (SSSR count). The van der Waals surface area contributed by atoms with Crippen molar-refractivity contribution in [2.75, 3.05) is 25.1 Å². The average Bonchev–Trinajstić information content (AvgIpc) is 3.05. The Morgan fingerprint density at radius 3 is 2.57 bits per heavy atom. The molecule has 0 aromatic carbocycles. The van der Waals surface area contributed by atoms with Gasteiger partial charge in [-0.25, -0.2) is 13.2 Å². The maximum Gasteiger partial charge on any atom is 0.317 e. The van der Waals surface area contributed by atoms with Crippen molar-refractivity contribution in [2.45, 2.75) is 45.6 Å². The van der Waals surface area contributed by atoms with Crippen LogP contribution in [0.5, 0.6) is 0 Å². The molecule has 2 aliphatic rings. The van der Waals surface area contributed by atoms with E-state index in [1.165, 1.54) is 30.6 Å². The van der Waals surface area contributed by atoms with Crippen LogP contribution < -0.4 is 5.32 Å². The molecule has 2 aliphatic carbocycles. The SMILES string of the molecule is CCS(=O)(=O)C[C@@H](C)N(C)C(=O)NC[C@@H]1C[C@H]2CC[C@H]1C2. The first-order chi connectivity index (χ1) is 9.82. The zero-order chi connectivity index (χ0) is 15.6. The molecule has 21 heavy (non-hydrogen) atoms. The summed E-state index contributed by atoms with van der Waals surface area (Å²) in [6.45, 7) is 4.15. The van der Waals surface area contributed by atoms with Crippen LogP contribution in [0.3, 0.4) is 0 Å². The summed E-state index contributed by atoms with van der Waals surface area (Å²) in [4.78, 5) is 13.7. The normalized spacial score (nSPS) is 29.4. The Kier molecular flexibility index (Phi) is 5.17. The Morgan fingerprint density at radius 1 is 1.33 bits per heavy atom. The molecule has 1 N–H and O–H groups in total. The minimum absolute atomic E-state index is 0.0293. The van der Waals surface area contributed by atoms with Crippen LogP contribution in [-0.2, 0) is 9.84 Å². The van der Waals surface area contributed by atoms with Gasteiger partial charge < -0.3 is 10.2 Å². The van der Waals surface area contributed by atoms with E-state index in [2.05, 4.69) is 5.32 Å². The van der Waals surface area contributed by atoms with Gasteiger partial charge in [-0.3, -0.25) is 0 Å². The van der Waals surface area contributed by atoms with Crippen molar-refractivity contribution < 1.29 is 13.2 Å². The number of nitrogens with zero attached hydrogens (tertiary/aromatic N) is 1. The molecule has 2 saturated carbocycles. The summed E-state index contributed by atoms with van der Waals surface area (Å²) in [7, 11) is -1.38. The third-order valence-electron chi connectivity index (χ3n) is 5.32. The van der Waals surface area contributed by atoms with E-state index in [-0.39, 0.29) is 23.6 Å². The molecule has 0 unspecified atom stereocenters. The molecule has 0 aliphatic heterocycles. The van der Waals surface area contributed by atoms with E-state index >= 15 is 0 Å². The summed E-state index contributed by atoms with van der Waals surface area (Å²) in [5, 5.41) is 2.99. The van der Waals surface area contributed by atoms with Gasteiger partial charge in [-0.15, -0.1) is 0 Å². The van der Waals surface area contributed by atoms with E-state index in [0.29, 0.717) is 5.92 Å². The first-order valence-electron chi connectivity index (χ1n) is 8.03. The fourth-order valence-corrected chi connectivity index (χ4v) is 4.96. The Labute approximate surface area is 128 Å². The van der Waals surface area contributed by atoms with E-state index in [4.69, 9.17) is 0 Å². The van der Waals surface area contributed by atoms with E-state index in [9.17, 15) is 13.2 Å². The highest BCUT2D eigenvalue weighted by molar-refractivity contribution is 7.91. The number of fused-ring (bicyclic) bond motifs is 2. The number of rotatable bonds is 6. The third-order valence-corrected chi connectivity index (χ3v) is 7.19. The van der Waals surface area contributed by atoms with Crippen LogP contribution >= 0.6 is 0 Å². The first-order valence-corrected chi connectivity index (χ1v) is 9.85. The minimum atomic E-state index is -3.06. The number of nitrogens with one attached hydrogen (secondary N) is 1. The predicted molar refractivity (Wildman–Crippen MR) is 83.9 cm³/mol. The molecule has 0 heterocycles. The molecule has 5 nitrogen and oxygen atoms in total. The summed E-state index contributed by atoms with van der Waals surface area (Å²) < 4.78 is 23.3. The Hall–Kier alpha value is -0.780. The highest BCUT2D eigenvalue weighted by atomic mass is 32.2. The number of sulfone groups is 1. The van der Waals surface area contributed by atoms with Crippen LogP contribution in [0.1, 0.15) is 39.5 Å². The Bertz CT molecular complexity index is 477. The van der Waals surface area contributed by atoms with Gasteiger partial charge in [-0.1, -0.05) is 13.3 Å². The third kappa shape index (κ3) is 4.11. The highest BCUT2D eigenvalue weighted by Gasteiger charge is 2.39. The van der Waals surface area contributed by atoms with E-state index < -0.39 is 9.84 Å². The topological polar surface area (TPSA) is 66.5 Å². The van der Waals surface area contributed by atoms with E-state index in [1.54, 1.807) is 20.9 Å². The summed E-state index contributed by atoms with van der Waals surface area (Å²) in [6.07, 6.45) is 5.25. The summed E-state index contributed by atoms with van der Waals surface area (Å²) in [5.74, 6) is 2.44. The van der Waals surface area contributed by atoms with Gasteiger partial charge in [-0.2, -0.15) is 0 Å². The molecule has 0 aromatic heterocycles. The quantitative estimate of drug-likeness (QED) is 0.814. The lowest BCUT2D eigenvalue weighted by molar-refractivity contribution is 0.193. The first kappa shape index (κ1) is 16.6. The number of urea groups is 1. The van der Waals surface area contributed by atoms with Gasteiger partial charge in [0.2, 0.25) is 0 Å². The minimum Gasteiger partial charge on any atom is -0.338 e. The number of hydrogen-bond acceptors (Lipinski definition) is 3. The van der Waals surface area contributed by atoms with Crippen molar-refractivity contribution >= 4 is 15.9 Å². The number of carbonyl (C=O) groups is 1. The number of amides is 2. The molecule has 122 valence electrons. The van der Waals surface area contributed by atoms with Crippen LogP contribution in [0.15, 0.2) is 0 Å².